The molecule has 44 valence electrons. The fourth-order valence-corrected chi connectivity index (χ4v) is 0.264. The van der Waals surface area contributed by atoms with Gasteiger partial charge in [0.1, 0.15) is 6.61 Å². The van der Waals surface area contributed by atoms with Gasteiger partial charge in [-0.1, -0.05) is 5.16 Å². The number of nitrogens with zero attached hydrogens (tertiary/aromatic N) is 1. The maximum atomic E-state index is 8.35. The molecule has 0 fully saturated rings. The molecule has 4 nitrogen and oxygen atoms in total. The quantitative estimate of drug-likeness (QED) is 0.363. The van der Waals surface area contributed by atoms with E-state index in [1.807, 2.05) is 0 Å². The van der Waals surface area contributed by atoms with Crippen molar-refractivity contribution in [3.8, 4) is 0 Å². The molecule has 1 heterocycles. The zero-order valence-electron chi connectivity index (χ0n) is 4.26. The Hall–Kier alpha value is -1.15. The number of oxime groups is 1. The number of nitrogens with one attached hydrogen (secondary N) is 1. The molecule has 0 aromatic carbocycles. The van der Waals surface area contributed by atoms with Crippen LogP contribution in [0, 0.1) is 5.41 Å². The van der Waals surface area contributed by atoms with Crippen molar-refractivity contribution >= 4 is 12.3 Å². The highest BCUT2D eigenvalue weighted by atomic mass is 16.6. The standard InChI is InChI=1S/C3H5NO.CHNO/c1-2-4-5-3-1;2-1-3/h2H,1,3H2;2H. The van der Waals surface area contributed by atoms with Crippen LogP contribution < -0.4 is 0 Å². The Bertz CT molecular complexity index is 98.6. The number of hydrogen-bond acceptors (Lipinski definition) is 4. The van der Waals surface area contributed by atoms with E-state index in [9.17, 15) is 0 Å². The van der Waals surface area contributed by atoms with Gasteiger partial charge in [-0.2, -0.15) is 0 Å². The van der Waals surface area contributed by atoms with Crippen LogP contribution in [0.5, 0.6) is 0 Å². The van der Waals surface area contributed by atoms with E-state index in [0.717, 1.165) is 19.1 Å². The Labute approximate surface area is 46.6 Å². The second-order valence-corrected chi connectivity index (χ2v) is 1.01. The van der Waals surface area contributed by atoms with Crippen LogP contribution in [0.4, 0.5) is 0 Å². The van der Waals surface area contributed by atoms with Crippen molar-refractivity contribution in [2.45, 2.75) is 6.42 Å². The van der Waals surface area contributed by atoms with Crippen molar-refractivity contribution in [2.24, 2.45) is 5.16 Å². The summed E-state index contributed by atoms with van der Waals surface area (Å²) in [6, 6.07) is 0. The summed E-state index contributed by atoms with van der Waals surface area (Å²) >= 11 is 0. The van der Waals surface area contributed by atoms with Gasteiger partial charge in [0, 0.05) is 12.6 Å². The molecule has 0 bridgehead atoms. The van der Waals surface area contributed by atoms with Crippen LogP contribution in [-0.4, -0.2) is 18.9 Å². The summed E-state index contributed by atoms with van der Waals surface area (Å²) in [6.07, 6.45) is 3.50. The van der Waals surface area contributed by atoms with Gasteiger partial charge in [-0.3, -0.25) is 0 Å². The van der Waals surface area contributed by atoms with Crippen LogP contribution in [0.3, 0.4) is 0 Å². The molecule has 0 unspecified atom stereocenters. The first-order valence-electron chi connectivity index (χ1n) is 2.09. The lowest BCUT2D eigenvalue weighted by Crippen LogP contribution is -1.72. The Kier molecular flexibility index (Phi) is 5.01. The van der Waals surface area contributed by atoms with Gasteiger partial charge in [-0.15, -0.1) is 0 Å². The van der Waals surface area contributed by atoms with Gasteiger partial charge < -0.3 is 4.84 Å². The largest absolute Gasteiger partial charge is 0.396 e. The molecule has 0 atom stereocenters. The zero-order chi connectivity index (χ0) is 6.24. The molecule has 4 heteroatoms. The maximum absolute atomic E-state index is 8.35. The molecule has 0 radical (unpaired) electrons. The molecule has 1 aliphatic rings. The Balaban J connectivity index is 0.000000145. The lowest BCUT2D eigenvalue weighted by Gasteiger charge is -1.76. The van der Waals surface area contributed by atoms with Crippen molar-refractivity contribution in [3.63, 3.8) is 0 Å². The van der Waals surface area contributed by atoms with Gasteiger partial charge in [-0.25, -0.2) is 10.2 Å². The third-order valence-electron chi connectivity index (χ3n) is 0.487. The summed E-state index contributed by atoms with van der Waals surface area (Å²) in [5.74, 6) is 0. The number of hydrogen-bond donors (Lipinski definition) is 1. The molecule has 1 rings (SSSR count). The first-order valence-corrected chi connectivity index (χ1v) is 2.09. The number of rotatable bonds is 0. The van der Waals surface area contributed by atoms with Gasteiger partial charge >= 0.3 is 0 Å². The fraction of sp³-hybridized carbons (Fsp3) is 0.500. The van der Waals surface area contributed by atoms with E-state index in [2.05, 4.69) is 9.99 Å². The summed E-state index contributed by atoms with van der Waals surface area (Å²) in [5, 5.41) is 8.86. The van der Waals surface area contributed by atoms with Gasteiger partial charge in [0.25, 0.3) is 0 Å². The zero-order valence-corrected chi connectivity index (χ0v) is 4.26. The molecule has 8 heavy (non-hydrogen) atoms. The van der Waals surface area contributed by atoms with Crippen LogP contribution in [0.1, 0.15) is 6.42 Å². The normalized spacial score (nSPS) is 13.0. The van der Waals surface area contributed by atoms with E-state index in [0.29, 0.717) is 0 Å². The molecule has 0 aromatic rings. The third kappa shape index (κ3) is 4.85. The molecule has 1 N–H and O–H groups in total. The summed E-state index contributed by atoms with van der Waals surface area (Å²) < 4.78 is 0. The predicted octanol–water partition coefficient (Wildman–Crippen LogP) is 0.293. The minimum atomic E-state index is 0.750. The number of carbonyl (C=O) groups excluding carboxylic acids is 1. The van der Waals surface area contributed by atoms with Gasteiger partial charge in [0.05, 0.1) is 0 Å². The van der Waals surface area contributed by atoms with Gasteiger partial charge in [-0.05, 0) is 0 Å². The second-order valence-electron chi connectivity index (χ2n) is 1.01. The molecule has 0 aliphatic carbocycles. The van der Waals surface area contributed by atoms with Gasteiger partial charge in [0.15, 0.2) is 0 Å². The Morgan fingerprint density at radius 1 is 1.88 bits per heavy atom. The van der Waals surface area contributed by atoms with E-state index in [1.54, 1.807) is 6.21 Å². The van der Waals surface area contributed by atoms with E-state index in [4.69, 9.17) is 10.2 Å². The SMILES string of the molecule is C1=NOCC1.N=C=O. The molecule has 1 aliphatic heterocycles. The molecule has 0 spiro atoms. The van der Waals surface area contributed by atoms with E-state index >= 15 is 0 Å². The van der Waals surface area contributed by atoms with E-state index in [1.165, 1.54) is 0 Å². The minimum Gasteiger partial charge on any atom is -0.396 e. The van der Waals surface area contributed by atoms with Gasteiger partial charge in [0.2, 0.25) is 6.08 Å². The Morgan fingerprint density at radius 3 is 2.62 bits per heavy atom. The molecule has 0 saturated carbocycles. The van der Waals surface area contributed by atoms with Crippen molar-refractivity contribution in [1.82, 2.24) is 0 Å². The van der Waals surface area contributed by atoms with Crippen molar-refractivity contribution in [3.05, 3.63) is 0 Å². The highest BCUT2D eigenvalue weighted by Gasteiger charge is 1.86. The van der Waals surface area contributed by atoms with Crippen LogP contribution in [0.2, 0.25) is 0 Å². The van der Waals surface area contributed by atoms with Crippen LogP contribution in [0.25, 0.3) is 0 Å². The van der Waals surface area contributed by atoms with Crippen LogP contribution in [0.15, 0.2) is 5.16 Å². The van der Waals surface area contributed by atoms with Crippen molar-refractivity contribution in [2.75, 3.05) is 6.61 Å². The van der Waals surface area contributed by atoms with Crippen LogP contribution in [-0.2, 0) is 9.63 Å². The first-order chi connectivity index (χ1) is 3.91. The molecule has 0 aromatic heterocycles. The number of isocyanates is 1. The molecular weight excluding hydrogens is 108 g/mol. The Morgan fingerprint density at radius 2 is 2.50 bits per heavy atom. The van der Waals surface area contributed by atoms with Crippen LogP contribution >= 0.6 is 0 Å². The summed E-state index contributed by atoms with van der Waals surface area (Å²) in [6.45, 7) is 0.778. The average molecular weight is 114 g/mol. The lowest BCUT2D eigenvalue weighted by atomic mass is 10.5. The lowest BCUT2D eigenvalue weighted by molar-refractivity contribution is 0.174. The molecular formula is C4H6N2O2. The summed E-state index contributed by atoms with van der Waals surface area (Å²) in [4.78, 5) is 12.9. The summed E-state index contributed by atoms with van der Waals surface area (Å²) in [5.41, 5.74) is 0. The highest BCUT2D eigenvalue weighted by Crippen LogP contribution is 1.86. The second kappa shape index (κ2) is 5.85. The topological polar surface area (TPSA) is 62.5 Å². The molecule has 0 saturated heterocycles. The highest BCUT2D eigenvalue weighted by molar-refractivity contribution is 5.57. The predicted molar refractivity (Wildman–Crippen MR) is 27.5 cm³/mol. The maximum Gasteiger partial charge on any atom is 0.231 e. The smallest absolute Gasteiger partial charge is 0.231 e. The summed E-state index contributed by atoms with van der Waals surface area (Å²) in [7, 11) is 0. The third-order valence-corrected chi connectivity index (χ3v) is 0.487. The van der Waals surface area contributed by atoms with E-state index in [-0.39, 0.29) is 0 Å². The fourth-order valence-electron chi connectivity index (χ4n) is 0.264. The monoisotopic (exact) mass is 114 g/mol. The van der Waals surface area contributed by atoms with E-state index < -0.39 is 0 Å². The first kappa shape index (κ1) is 6.85. The van der Waals surface area contributed by atoms with Crippen molar-refractivity contribution in [1.29, 1.82) is 5.41 Å². The van der Waals surface area contributed by atoms with Crippen molar-refractivity contribution < 1.29 is 9.63 Å². The molecule has 0 amide bonds. The average Bonchev–Trinajstić information content (AvgIpc) is 2.17. The minimum absolute atomic E-state index is 0.750.